The van der Waals surface area contributed by atoms with Gasteiger partial charge in [-0.15, -0.1) is 10.2 Å². The summed E-state index contributed by atoms with van der Waals surface area (Å²) in [5.41, 5.74) is 3.78. The first kappa shape index (κ1) is 18.3. The summed E-state index contributed by atoms with van der Waals surface area (Å²) in [5.74, 6) is 6.63. The van der Waals surface area contributed by atoms with Crippen LogP contribution in [0.2, 0.25) is 5.02 Å². The van der Waals surface area contributed by atoms with Gasteiger partial charge in [-0.2, -0.15) is 0 Å². The number of hydrogen-bond donors (Lipinski definition) is 2. The van der Waals surface area contributed by atoms with Crippen LogP contribution in [0, 0.1) is 13.8 Å². The Morgan fingerprint density at radius 1 is 1.15 bits per heavy atom. The van der Waals surface area contributed by atoms with Crippen molar-refractivity contribution in [3.05, 3.63) is 58.6 Å². The lowest BCUT2D eigenvalue weighted by atomic mass is 10.1. The zero-order valence-corrected chi connectivity index (χ0v) is 15.9. The molecule has 0 saturated heterocycles. The summed E-state index contributed by atoms with van der Waals surface area (Å²) in [6.45, 7) is 3.99. The lowest BCUT2D eigenvalue weighted by Gasteiger charge is -2.07. The van der Waals surface area contributed by atoms with Gasteiger partial charge in [0.1, 0.15) is 0 Å². The van der Waals surface area contributed by atoms with E-state index in [9.17, 15) is 4.79 Å². The van der Waals surface area contributed by atoms with Gasteiger partial charge in [0, 0.05) is 16.3 Å². The van der Waals surface area contributed by atoms with Crippen molar-refractivity contribution in [3.8, 4) is 11.4 Å². The summed E-state index contributed by atoms with van der Waals surface area (Å²) in [5, 5.41) is 12.1. The second kappa shape index (κ2) is 7.80. The number of nitrogens with one attached hydrogen (secondary N) is 1. The molecule has 1 heterocycles. The van der Waals surface area contributed by atoms with Gasteiger partial charge in [0.2, 0.25) is 11.1 Å². The molecule has 3 aromatic rings. The number of carbonyl (C=O) groups excluding carboxylic acids is 1. The SMILES string of the molecule is Cc1cc(C)cc(NC(=O)CSc2nnc(-c3ccc(Cl)cc3)n2N)c1. The number of aromatic nitrogens is 3. The lowest BCUT2D eigenvalue weighted by molar-refractivity contribution is -0.113. The van der Waals surface area contributed by atoms with E-state index in [2.05, 4.69) is 21.6 Å². The van der Waals surface area contributed by atoms with Gasteiger partial charge >= 0.3 is 0 Å². The summed E-state index contributed by atoms with van der Waals surface area (Å²) in [7, 11) is 0. The monoisotopic (exact) mass is 387 g/mol. The van der Waals surface area contributed by atoms with Crippen molar-refractivity contribution in [3.63, 3.8) is 0 Å². The Morgan fingerprint density at radius 3 is 2.46 bits per heavy atom. The van der Waals surface area contributed by atoms with Gasteiger partial charge in [-0.1, -0.05) is 29.4 Å². The number of nitrogens with two attached hydrogens (primary N) is 1. The van der Waals surface area contributed by atoms with Crippen LogP contribution >= 0.6 is 23.4 Å². The van der Waals surface area contributed by atoms with E-state index in [0.29, 0.717) is 16.0 Å². The zero-order valence-electron chi connectivity index (χ0n) is 14.4. The largest absolute Gasteiger partial charge is 0.335 e. The number of benzene rings is 2. The molecule has 6 nitrogen and oxygen atoms in total. The summed E-state index contributed by atoms with van der Waals surface area (Å²) >= 11 is 7.12. The first-order chi connectivity index (χ1) is 12.4. The minimum atomic E-state index is -0.129. The molecule has 1 amide bonds. The van der Waals surface area contributed by atoms with E-state index in [4.69, 9.17) is 17.4 Å². The fourth-order valence-corrected chi connectivity index (χ4v) is 3.33. The molecule has 134 valence electrons. The third kappa shape index (κ3) is 4.36. The third-order valence-electron chi connectivity index (χ3n) is 3.60. The van der Waals surface area contributed by atoms with Gasteiger partial charge in [0.25, 0.3) is 0 Å². The Balaban J connectivity index is 1.64. The van der Waals surface area contributed by atoms with Gasteiger partial charge in [-0.05, 0) is 61.4 Å². The molecule has 0 atom stereocenters. The van der Waals surface area contributed by atoms with Crippen LogP contribution in [-0.2, 0) is 4.79 Å². The second-order valence-electron chi connectivity index (χ2n) is 5.90. The number of nitrogen functional groups attached to an aromatic ring is 1. The maximum atomic E-state index is 12.2. The van der Waals surface area contributed by atoms with Crippen molar-refractivity contribution in [2.45, 2.75) is 19.0 Å². The van der Waals surface area contributed by atoms with Gasteiger partial charge in [0.15, 0.2) is 5.82 Å². The highest BCUT2D eigenvalue weighted by Gasteiger charge is 2.14. The van der Waals surface area contributed by atoms with Crippen molar-refractivity contribution >= 4 is 35.0 Å². The molecule has 0 unspecified atom stereocenters. The van der Waals surface area contributed by atoms with Gasteiger partial charge < -0.3 is 11.2 Å². The lowest BCUT2D eigenvalue weighted by Crippen LogP contribution is -2.16. The van der Waals surface area contributed by atoms with E-state index in [1.807, 2.05) is 38.1 Å². The fourth-order valence-electron chi connectivity index (χ4n) is 2.55. The molecule has 2 aromatic carbocycles. The molecule has 0 saturated carbocycles. The van der Waals surface area contributed by atoms with E-state index in [1.165, 1.54) is 16.4 Å². The molecular formula is C18H18ClN5OS. The highest BCUT2D eigenvalue weighted by Crippen LogP contribution is 2.23. The second-order valence-corrected chi connectivity index (χ2v) is 7.28. The summed E-state index contributed by atoms with van der Waals surface area (Å²) in [6, 6.07) is 13.1. The minimum Gasteiger partial charge on any atom is -0.335 e. The Labute approximate surface area is 160 Å². The fraction of sp³-hybridized carbons (Fsp3) is 0.167. The van der Waals surface area contributed by atoms with Gasteiger partial charge in [0.05, 0.1) is 5.75 Å². The number of rotatable bonds is 5. The molecule has 0 aliphatic carbocycles. The molecule has 0 aliphatic heterocycles. The molecule has 0 radical (unpaired) electrons. The number of anilines is 1. The van der Waals surface area contributed by atoms with Crippen LogP contribution in [0.4, 0.5) is 5.69 Å². The number of thioether (sulfide) groups is 1. The molecule has 3 rings (SSSR count). The molecule has 1 aromatic heterocycles. The van der Waals surface area contributed by atoms with Crippen LogP contribution in [0.3, 0.4) is 0 Å². The molecule has 8 heteroatoms. The Hall–Kier alpha value is -2.51. The van der Waals surface area contributed by atoms with E-state index in [-0.39, 0.29) is 11.7 Å². The predicted molar refractivity (Wildman–Crippen MR) is 106 cm³/mol. The number of amides is 1. The topological polar surface area (TPSA) is 85.8 Å². The summed E-state index contributed by atoms with van der Waals surface area (Å²) in [4.78, 5) is 12.2. The third-order valence-corrected chi connectivity index (χ3v) is 4.80. The number of carbonyl (C=O) groups is 1. The standard InChI is InChI=1S/C18H18ClN5OS/c1-11-7-12(2)9-15(8-11)21-16(25)10-26-18-23-22-17(24(18)20)13-3-5-14(19)6-4-13/h3-9H,10,20H2,1-2H3,(H,21,25). The molecule has 0 bridgehead atoms. The van der Waals surface area contributed by atoms with Crippen molar-refractivity contribution in [1.82, 2.24) is 14.9 Å². The Bertz CT molecular complexity index is 919. The van der Waals surface area contributed by atoms with Crippen molar-refractivity contribution in [2.75, 3.05) is 16.9 Å². The Morgan fingerprint density at radius 2 is 1.81 bits per heavy atom. The molecular weight excluding hydrogens is 370 g/mol. The zero-order chi connectivity index (χ0) is 18.7. The summed E-state index contributed by atoms with van der Waals surface area (Å²) in [6.07, 6.45) is 0. The van der Waals surface area contributed by atoms with E-state index in [1.54, 1.807) is 12.1 Å². The maximum absolute atomic E-state index is 12.2. The molecule has 0 spiro atoms. The van der Waals surface area contributed by atoms with Gasteiger partial charge in [-0.3, -0.25) is 4.79 Å². The normalized spacial score (nSPS) is 10.7. The van der Waals surface area contributed by atoms with E-state index in [0.717, 1.165) is 22.4 Å². The van der Waals surface area contributed by atoms with Crippen molar-refractivity contribution in [2.24, 2.45) is 0 Å². The highest BCUT2D eigenvalue weighted by molar-refractivity contribution is 7.99. The molecule has 0 aliphatic rings. The molecule has 26 heavy (non-hydrogen) atoms. The molecule has 0 fully saturated rings. The number of hydrogen-bond acceptors (Lipinski definition) is 5. The van der Waals surface area contributed by atoms with Crippen LogP contribution < -0.4 is 11.2 Å². The van der Waals surface area contributed by atoms with Crippen molar-refractivity contribution < 1.29 is 4.79 Å². The number of aryl methyl sites for hydroxylation is 2. The van der Waals surface area contributed by atoms with Gasteiger partial charge in [-0.25, -0.2) is 4.68 Å². The maximum Gasteiger partial charge on any atom is 0.234 e. The number of nitrogens with zero attached hydrogens (tertiary/aromatic N) is 3. The average molecular weight is 388 g/mol. The Kier molecular flexibility index (Phi) is 5.49. The smallest absolute Gasteiger partial charge is 0.234 e. The van der Waals surface area contributed by atoms with Crippen molar-refractivity contribution in [1.29, 1.82) is 0 Å². The first-order valence-corrected chi connectivity index (χ1v) is 9.26. The molecule has 3 N–H and O–H groups in total. The van der Waals surface area contributed by atoms with Crippen LogP contribution in [-0.4, -0.2) is 26.5 Å². The minimum absolute atomic E-state index is 0.129. The van der Waals surface area contributed by atoms with E-state index < -0.39 is 0 Å². The average Bonchev–Trinajstić information content (AvgIpc) is 2.93. The summed E-state index contributed by atoms with van der Waals surface area (Å²) < 4.78 is 1.37. The number of halogens is 1. The van der Waals surface area contributed by atoms with Crippen LogP contribution in [0.5, 0.6) is 0 Å². The van der Waals surface area contributed by atoms with Crippen LogP contribution in [0.15, 0.2) is 47.6 Å². The van der Waals surface area contributed by atoms with Crippen LogP contribution in [0.25, 0.3) is 11.4 Å². The predicted octanol–water partition coefficient (Wildman–Crippen LogP) is 3.66. The van der Waals surface area contributed by atoms with E-state index >= 15 is 0 Å². The highest BCUT2D eigenvalue weighted by atomic mass is 35.5. The quantitative estimate of drug-likeness (QED) is 0.515. The first-order valence-electron chi connectivity index (χ1n) is 7.90. The van der Waals surface area contributed by atoms with Crippen LogP contribution in [0.1, 0.15) is 11.1 Å².